The maximum Gasteiger partial charge on any atom is 0.246 e. The highest BCUT2D eigenvalue weighted by molar-refractivity contribution is 6.01. The highest BCUT2D eigenvalue weighted by Crippen LogP contribution is 2.11. The third-order valence-electron chi connectivity index (χ3n) is 1.89. The average Bonchev–Trinajstić information content (AvgIpc) is 2.62. The maximum atomic E-state index is 11.5. The quantitative estimate of drug-likeness (QED) is 0.708. The van der Waals surface area contributed by atoms with Gasteiger partial charge in [0.25, 0.3) is 0 Å². The topological polar surface area (TPSA) is 82.0 Å². The zero-order chi connectivity index (χ0) is 10.1. The first-order valence-electron chi connectivity index (χ1n) is 4.17. The van der Waals surface area contributed by atoms with Gasteiger partial charge in [-0.3, -0.25) is 4.79 Å². The van der Waals surface area contributed by atoms with Crippen LogP contribution in [0, 0.1) is 0 Å². The second-order valence-corrected chi connectivity index (χ2v) is 3.05. The molecule has 2 heterocycles. The van der Waals surface area contributed by atoms with Gasteiger partial charge in [0.05, 0.1) is 6.04 Å². The number of Topliss-reactive ketones (excluding diaryl/α,β-unsaturated/α-hetero) is 1. The Morgan fingerprint density at radius 1 is 1.57 bits per heavy atom. The van der Waals surface area contributed by atoms with Crippen LogP contribution < -0.4 is 5.73 Å². The second-order valence-electron chi connectivity index (χ2n) is 3.05. The molecular weight excluding hydrogens is 182 g/mol. The summed E-state index contributed by atoms with van der Waals surface area (Å²) >= 11 is 0. The molecule has 0 spiro atoms. The zero-order valence-corrected chi connectivity index (χ0v) is 7.60. The van der Waals surface area contributed by atoms with Crippen LogP contribution in [0.1, 0.15) is 17.3 Å². The standard InChI is InChI=1S/C9H9N3O2/c1-5(10)8(13)6-2-7-9(11-3-6)14-4-12-7/h2-5H,10H2,1H3. The molecule has 0 aromatic carbocycles. The fraction of sp³-hybridized carbons (Fsp3) is 0.222. The summed E-state index contributed by atoms with van der Waals surface area (Å²) in [5, 5.41) is 0. The van der Waals surface area contributed by atoms with E-state index < -0.39 is 6.04 Å². The van der Waals surface area contributed by atoms with E-state index in [1.54, 1.807) is 13.0 Å². The van der Waals surface area contributed by atoms with Crippen LogP contribution >= 0.6 is 0 Å². The molecule has 1 unspecified atom stereocenters. The Bertz CT molecular complexity index is 476. The number of hydrogen-bond donors (Lipinski definition) is 1. The first kappa shape index (κ1) is 8.83. The molecule has 2 aromatic heterocycles. The number of nitrogens with two attached hydrogens (primary N) is 1. The molecule has 2 aromatic rings. The van der Waals surface area contributed by atoms with Crippen molar-refractivity contribution in [1.82, 2.24) is 9.97 Å². The predicted octanol–water partition coefficient (Wildman–Crippen LogP) is 0.753. The zero-order valence-electron chi connectivity index (χ0n) is 7.60. The van der Waals surface area contributed by atoms with E-state index in [1.165, 1.54) is 12.6 Å². The van der Waals surface area contributed by atoms with Gasteiger partial charge < -0.3 is 10.2 Å². The summed E-state index contributed by atoms with van der Waals surface area (Å²) in [6, 6.07) is 1.10. The van der Waals surface area contributed by atoms with Crippen LogP contribution in [0.5, 0.6) is 0 Å². The third-order valence-corrected chi connectivity index (χ3v) is 1.89. The normalized spacial score (nSPS) is 13.0. The highest BCUT2D eigenvalue weighted by atomic mass is 16.3. The molecule has 1 atom stereocenters. The van der Waals surface area contributed by atoms with Gasteiger partial charge in [-0.2, -0.15) is 0 Å². The van der Waals surface area contributed by atoms with Crippen molar-refractivity contribution in [3.05, 3.63) is 24.2 Å². The minimum Gasteiger partial charge on any atom is -0.425 e. The van der Waals surface area contributed by atoms with Crippen LogP contribution in [0.2, 0.25) is 0 Å². The first-order valence-corrected chi connectivity index (χ1v) is 4.17. The summed E-state index contributed by atoms with van der Waals surface area (Å²) in [5.74, 6) is -0.151. The van der Waals surface area contributed by atoms with Crippen molar-refractivity contribution in [3.63, 3.8) is 0 Å². The number of ketones is 1. The Kier molecular flexibility index (Phi) is 2.01. The van der Waals surface area contributed by atoms with Crippen molar-refractivity contribution in [2.75, 3.05) is 0 Å². The van der Waals surface area contributed by atoms with E-state index in [-0.39, 0.29) is 5.78 Å². The fourth-order valence-electron chi connectivity index (χ4n) is 1.15. The van der Waals surface area contributed by atoms with Crippen molar-refractivity contribution in [1.29, 1.82) is 0 Å². The second kappa shape index (κ2) is 3.19. The molecule has 0 saturated heterocycles. The van der Waals surface area contributed by atoms with Crippen LogP contribution in [0.3, 0.4) is 0 Å². The number of pyridine rings is 1. The van der Waals surface area contributed by atoms with Gasteiger partial charge in [0.1, 0.15) is 5.52 Å². The number of hydrogen-bond acceptors (Lipinski definition) is 5. The SMILES string of the molecule is CC(N)C(=O)c1cnc2ocnc2c1. The van der Waals surface area contributed by atoms with Gasteiger partial charge in [-0.25, -0.2) is 9.97 Å². The molecule has 0 aliphatic heterocycles. The van der Waals surface area contributed by atoms with Gasteiger partial charge in [-0.05, 0) is 13.0 Å². The van der Waals surface area contributed by atoms with Crippen LogP contribution in [0.25, 0.3) is 11.2 Å². The molecule has 0 radical (unpaired) electrons. The molecule has 0 bridgehead atoms. The van der Waals surface area contributed by atoms with Crippen LogP contribution in [-0.2, 0) is 0 Å². The lowest BCUT2D eigenvalue weighted by atomic mass is 10.1. The number of nitrogens with zero attached hydrogens (tertiary/aromatic N) is 2. The molecule has 72 valence electrons. The van der Waals surface area contributed by atoms with Gasteiger partial charge in [-0.1, -0.05) is 0 Å². The summed E-state index contributed by atoms with van der Waals surface area (Å²) in [4.78, 5) is 19.3. The number of carbonyl (C=O) groups excluding carboxylic acids is 1. The summed E-state index contributed by atoms with van der Waals surface area (Å²) < 4.78 is 4.95. The summed E-state index contributed by atoms with van der Waals surface area (Å²) in [7, 11) is 0. The Balaban J connectivity index is 2.48. The summed E-state index contributed by atoms with van der Waals surface area (Å²) in [5.41, 5.74) is 6.91. The molecule has 0 fully saturated rings. The predicted molar refractivity (Wildman–Crippen MR) is 49.8 cm³/mol. The first-order chi connectivity index (χ1) is 6.68. The molecule has 2 N–H and O–H groups in total. The number of oxazole rings is 1. The maximum absolute atomic E-state index is 11.5. The fourth-order valence-corrected chi connectivity index (χ4v) is 1.15. The lowest BCUT2D eigenvalue weighted by Gasteiger charge is -2.02. The lowest BCUT2D eigenvalue weighted by Crippen LogP contribution is -2.26. The smallest absolute Gasteiger partial charge is 0.246 e. The number of aromatic nitrogens is 2. The lowest BCUT2D eigenvalue weighted by molar-refractivity contribution is 0.0968. The summed E-state index contributed by atoms with van der Waals surface area (Å²) in [6.45, 7) is 1.63. The van der Waals surface area contributed by atoms with E-state index in [9.17, 15) is 4.79 Å². The van der Waals surface area contributed by atoms with Crippen molar-refractivity contribution in [3.8, 4) is 0 Å². The monoisotopic (exact) mass is 191 g/mol. The molecule has 14 heavy (non-hydrogen) atoms. The molecule has 5 heteroatoms. The average molecular weight is 191 g/mol. The van der Waals surface area contributed by atoms with Crippen LogP contribution in [-0.4, -0.2) is 21.8 Å². The Hall–Kier alpha value is -1.75. The third kappa shape index (κ3) is 1.38. The van der Waals surface area contributed by atoms with E-state index in [0.717, 1.165) is 0 Å². The molecule has 0 aliphatic carbocycles. The van der Waals surface area contributed by atoms with E-state index in [1.807, 2.05) is 0 Å². The van der Waals surface area contributed by atoms with Gasteiger partial charge in [0.2, 0.25) is 5.71 Å². The van der Waals surface area contributed by atoms with Gasteiger partial charge in [-0.15, -0.1) is 0 Å². The van der Waals surface area contributed by atoms with E-state index >= 15 is 0 Å². The Morgan fingerprint density at radius 3 is 3.07 bits per heavy atom. The molecule has 0 aliphatic rings. The van der Waals surface area contributed by atoms with Gasteiger partial charge in [0, 0.05) is 11.8 Å². The number of rotatable bonds is 2. The van der Waals surface area contributed by atoms with Crippen molar-refractivity contribution in [2.24, 2.45) is 5.73 Å². The van der Waals surface area contributed by atoms with Gasteiger partial charge >= 0.3 is 0 Å². The Labute approximate surface area is 79.9 Å². The molecule has 0 amide bonds. The number of carbonyl (C=O) groups is 1. The van der Waals surface area contributed by atoms with Gasteiger partial charge in [0.15, 0.2) is 12.2 Å². The van der Waals surface area contributed by atoms with Crippen molar-refractivity contribution >= 4 is 17.0 Å². The summed E-state index contributed by atoms with van der Waals surface area (Å²) in [6.07, 6.45) is 2.73. The minimum atomic E-state index is -0.527. The molecule has 0 saturated carbocycles. The van der Waals surface area contributed by atoms with Crippen molar-refractivity contribution in [2.45, 2.75) is 13.0 Å². The van der Waals surface area contributed by atoms with E-state index in [4.69, 9.17) is 10.2 Å². The number of fused-ring (bicyclic) bond motifs is 1. The molecule has 5 nitrogen and oxygen atoms in total. The van der Waals surface area contributed by atoms with E-state index in [0.29, 0.717) is 16.8 Å². The van der Waals surface area contributed by atoms with Crippen molar-refractivity contribution < 1.29 is 9.21 Å². The van der Waals surface area contributed by atoms with Crippen LogP contribution in [0.15, 0.2) is 23.1 Å². The molecular formula is C9H9N3O2. The minimum absolute atomic E-state index is 0.151. The van der Waals surface area contributed by atoms with Crippen LogP contribution in [0.4, 0.5) is 0 Å². The molecule has 2 rings (SSSR count). The van der Waals surface area contributed by atoms with E-state index in [2.05, 4.69) is 9.97 Å². The highest BCUT2D eigenvalue weighted by Gasteiger charge is 2.12. The largest absolute Gasteiger partial charge is 0.425 e. The Morgan fingerprint density at radius 2 is 2.36 bits per heavy atom.